The Morgan fingerprint density at radius 1 is 1.18 bits per heavy atom. The number of hydrogen-bond acceptors (Lipinski definition) is 4. The number of urea groups is 1. The summed E-state index contributed by atoms with van der Waals surface area (Å²) in [6.45, 7) is 1.87. The first-order valence-corrected chi connectivity index (χ1v) is 5.01. The van der Waals surface area contributed by atoms with Gasteiger partial charge in [0.2, 0.25) is 0 Å². The Labute approximate surface area is 98.1 Å². The summed E-state index contributed by atoms with van der Waals surface area (Å²) in [6.07, 6.45) is 6.11. The molecule has 2 aromatic heterocycles. The summed E-state index contributed by atoms with van der Waals surface area (Å²) in [7, 11) is 0. The molecule has 17 heavy (non-hydrogen) atoms. The zero-order valence-electron chi connectivity index (χ0n) is 9.21. The highest BCUT2D eigenvalue weighted by Gasteiger charge is 2.05. The van der Waals surface area contributed by atoms with Crippen LogP contribution in [0.5, 0.6) is 0 Å². The summed E-state index contributed by atoms with van der Waals surface area (Å²) in [6, 6.07) is 3.28. The Hall–Kier alpha value is -2.50. The van der Waals surface area contributed by atoms with Crippen LogP contribution >= 0.6 is 0 Å². The number of carbonyl (C=O) groups is 1. The van der Waals surface area contributed by atoms with Gasteiger partial charge in [0.05, 0.1) is 6.20 Å². The number of rotatable bonds is 2. The summed E-state index contributed by atoms with van der Waals surface area (Å²) >= 11 is 0. The third-order valence-corrected chi connectivity index (χ3v) is 2.05. The van der Waals surface area contributed by atoms with Gasteiger partial charge in [-0.3, -0.25) is 15.6 Å². The van der Waals surface area contributed by atoms with Gasteiger partial charge in [0, 0.05) is 18.6 Å². The Balaban J connectivity index is 2.01. The third-order valence-electron chi connectivity index (χ3n) is 2.05. The Kier molecular flexibility index (Phi) is 3.25. The van der Waals surface area contributed by atoms with E-state index < -0.39 is 6.03 Å². The normalized spacial score (nSPS) is 9.71. The summed E-state index contributed by atoms with van der Waals surface area (Å²) < 4.78 is 0. The van der Waals surface area contributed by atoms with E-state index in [-0.39, 0.29) is 0 Å². The van der Waals surface area contributed by atoms with Crippen molar-refractivity contribution in [3.8, 4) is 0 Å². The van der Waals surface area contributed by atoms with Gasteiger partial charge in [-0.1, -0.05) is 6.07 Å². The quantitative estimate of drug-likeness (QED) is 0.823. The lowest BCUT2D eigenvalue weighted by atomic mass is 10.3. The molecule has 0 aromatic carbocycles. The minimum absolute atomic E-state index is 0.388. The van der Waals surface area contributed by atoms with E-state index >= 15 is 0 Å². The maximum Gasteiger partial charge on any atom is 0.326 e. The summed E-state index contributed by atoms with van der Waals surface area (Å²) in [5.74, 6) is 0.910. The molecule has 0 saturated heterocycles. The molecule has 0 radical (unpaired) electrons. The standard InChI is InChI=1S/C11H11N5O/c1-8-3-2-4-14-10(8)16-11(17)15-9-7-12-5-6-13-9/h2-7H,1H3,(H2,13,14,15,16,17). The Bertz CT molecular complexity index is 514. The molecule has 0 atom stereocenters. The minimum atomic E-state index is -0.396. The van der Waals surface area contributed by atoms with Crippen molar-refractivity contribution in [2.75, 3.05) is 10.6 Å². The van der Waals surface area contributed by atoms with E-state index in [2.05, 4.69) is 25.6 Å². The van der Waals surface area contributed by atoms with Crippen molar-refractivity contribution in [2.24, 2.45) is 0 Å². The monoisotopic (exact) mass is 229 g/mol. The van der Waals surface area contributed by atoms with E-state index in [0.29, 0.717) is 11.6 Å². The highest BCUT2D eigenvalue weighted by molar-refractivity contribution is 5.98. The molecule has 6 nitrogen and oxygen atoms in total. The van der Waals surface area contributed by atoms with Gasteiger partial charge < -0.3 is 0 Å². The molecule has 0 fully saturated rings. The minimum Gasteiger partial charge on any atom is -0.292 e. The predicted molar refractivity (Wildman–Crippen MR) is 63.6 cm³/mol. The van der Waals surface area contributed by atoms with Crippen molar-refractivity contribution in [1.29, 1.82) is 0 Å². The molecule has 0 bridgehead atoms. The number of anilines is 2. The van der Waals surface area contributed by atoms with Gasteiger partial charge in [0.25, 0.3) is 0 Å². The molecule has 0 aliphatic heterocycles. The van der Waals surface area contributed by atoms with Crippen LogP contribution in [0.25, 0.3) is 0 Å². The molecule has 0 spiro atoms. The molecule has 2 amide bonds. The number of aryl methyl sites for hydroxylation is 1. The van der Waals surface area contributed by atoms with E-state index in [1.54, 1.807) is 12.3 Å². The molecule has 0 saturated carbocycles. The Morgan fingerprint density at radius 2 is 2.06 bits per heavy atom. The van der Waals surface area contributed by atoms with Crippen LogP contribution in [0.2, 0.25) is 0 Å². The van der Waals surface area contributed by atoms with Crippen molar-refractivity contribution in [3.05, 3.63) is 42.5 Å². The van der Waals surface area contributed by atoms with Crippen LogP contribution in [0, 0.1) is 6.92 Å². The van der Waals surface area contributed by atoms with Crippen molar-refractivity contribution >= 4 is 17.7 Å². The second-order valence-corrected chi connectivity index (χ2v) is 3.34. The predicted octanol–water partition coefficient (Wildman–Crippen LogP) is 1.82. The molecule has 0 unspecified atom stereocenters. The Morgan fingerprint density at radius 3 is 2.76 bits per heavy atom. The van der Waals surface area contributed by atoms with Crippen LogP contribution in [-0.2, 0) is 0 Å². The van der Waals surface area contributed by atoms with Crippen molar-refractivity contribution < 1.29 is 4.79 Å². The fraction of sp³-hybridized carbons (Fsp3) is 0.0909. The topological polar surface area (TPSA) is 79.8 Å². The van der Waals surface area contributed by atoms with Crippen LogP contribution < -0.4 is 10.6 Å². The molecular formula is C11H11N5O. The second-order valence-electron chi connectivity index (χ2n) is 3.34. The van der Waals surface area contributed by atoms with Crippen LogP contribution in [0.15, 0.2) is 36.9 Å². The summed E-state index contributed by atoms with van der Waals surface area (Å²) in [5.41, 5.74) is 0.891. The fourth-order valence-electron chi connectivity index (χ4n) is 1.24. The average Bonchev–Trinajstić information content (AvgIpc) is 2.33. The number of amides is 2. The van der Waals surface area contributed by atoms with Crippen molar-refractivity contribution in [3.63, 3.8) is 0 Å². The van der Waals surface area contributed by atoms with Gasteiger partial charge in [-0.2, -0.15) is 0 Å². The molecular weight excluding hydrogens is 218 g/mol. The van der Waals surface area contributed by atoms with Gasteiger partial charge in [0.1, 0.15) is 5.82 Å². The first-order chi connectivity index (χ1) is 8.25. The van der Waals surface area contributed by atoms with Crippen LogP contribution in [0.1, 0.15) is 5.56 Å². The highest BCUT2D eigenvalue weighted by Crippen LogP contribution is 2.09. The van der Waals surface area contributed by atoms with Crippen molar-refractivity contribution in [1.82, 2.24) is 15.0 Å². The number of nitrogens with zero attached hydrogens (tertiary/aromatic N) is 3. The molecule has 86 valence electrons. The zero-order chi connectivity index (χ0) is 12.1. The third kappa shape index (κ3) is 2.97. The molecule has 6 heteroatoms. The average molecular weight is 229 g/mol. The zero-order valence-corrected chi connectivity index (χ0v) is 9.21. The second kappa shape index (κ2) is 5.02. The highest BCUT2D eigenvalue weighted by atomic mass is 16.2. The maximum absolute atomic E-state index is 11.6. The van der Waals surface area contributed by atoms with Gasteiger partial charge in [-0.05, 0) is 18.6 Å². The molecule has 0 aliphatic rings. The number of hydrogen-bond donors (Lipinski definition) is 2. The first-order valence-electron chi connectivity index (χ1n) is 5.01. The van der Waals surface area contributed by atoms with Crippen LogP contribution in [0.3, 0.4) is 0 Å². The SMILES string of the molecule is Cc1cccnc1NC(=O)Nc1cnccn1. The molecule has 2 N–H and O–H groups in total. The smallest absolute Gasteiger partial charge is 0.292 e. The largest absolute Gasteiger partial charge is 0.326 e. The molecule has 2 aromatic rings. The lowest BCUT2D eigenvalue weighted by Gasteiger charge is -2.07. The lowest BCUT2D eigenvalue weighted by molar-refractivity contribution is 0.262. The van der Waals surface area contributed by atoms with E-state index in [1.165, 1.54) is 18.6 Å². The van der Waals surface area contributed by atoms with Crippen molar-refractivity contribution in [2.45, 2.75) is 6.92 Å². The van der Waals surface area contributed by atoms with Gasteiger partial charge in [0.15, 0.2) is 5.82 Å². The fourth-order valence-corrected chi connectivity index (χ4v) is 1.24. The number of nitrogens with one attached hydrogen (secondary N) is 2. The molecule has 2 rings (SSSR count). The number of pyridine rings is 1. The van der Waals surface area contributed by atoms with Gasteiger partial charge in [-0.25, -0.2) is 14.8 Å². The van der Waals surface area contributed by atoms with E-state index in [4.69, 9.17) is 0 Å². The van der Waals surface area contributed by atoms with E-state index in [9.17, 15) is 4.79 Å². The first kappa shape index (κ1) is 11.0. The summed E-state index contributed by atoms with van der Waals surface area (Å²) in [4.78, 5) is 23.4. The van der Waals surface area contributed by atoms with Gasteiger partial charge in [-0.15, -0.1) is 0 Å². The van der Waals surface area contributed by atoms with Gasteiger partial charge >= 0.3 is 6.03 Å². The van der Waals surface area contributed by atoms with E-state index in [1.807, 2.05) is 13.0 Å². The van der Waals surface area contributed by atoms with E-state index in [0.717, 1.165) is 5.56 Å². The number of carbonyl (C=O) groups excluding carboxylic acids is 1. The maximum atomic E-state index is 11.6. The van der Waals surface area contributed by atoms with Crippen LogP contribution in [0.4, 0.5) is 16.4 Å². The number of aromatic nitrogens is 3. The lowest BCUT2D eigenvalue weighted by Crippen LogP contribution is -2.21. The molecule has 2 heterocycles. The van der Waals surface area contributed by atoms with Crippen LogP contribution in [-0.4, -0.2) is 21.0 Å². The summed E-state index contributed by atoms with van der Waals surface area (Å²) in [5, 5.41) is 5.18. The molecule has 0 aliphatic carbocycles.